The molecule has 3 aliphatic carbocycles. The van der Waals surface area contributed by atoms with E-state index in [0.717, 1.165) is 61.6 Å². The molecule has 42 heavy (non-hydrogen) atoms. The van der Waals surface area contributed by atoms with Gasteiger partial charge in [0.15, 0.2) is 11.5 Å². The van der Waals surface area contributed by atoms with Crippen molar-refractivity contribution in [1.82, 2.24) is 9.80 Å². The smallest absolute Gasteiger partial charge is 0.299 e. The Kier molecular flexibility index (Phi) is 6.73. The summed E-state index contributed by atoms with van der Waals surface area (Å²) in [4.78, 5) is 18.7. The van der Waals surface area contributed by atoms with E-state index in [1.165, 1.54) is 29.5 Å². The molecule has 2 heterocycles. The van der Waals surface area contributed by atoms with Crippen molar-refractivity contribution in [2.75, 3.05) is 26.7 Å². The molecule has 3 fully saturated rings. The number of aryl methyl sites for hydroxylation is 2. The van der Waals surface area contributed by atoms with Crippen LogP contribution in [0.15, 0.2) is 24.3 Å². The fraction of sp³-hybridized carbons (Fsp3) is 0.583. The number of piperidine rings is 1. The van der Waals surface area contributed by atoms with Gasteiger partial charge in [0.1, 0.15) is 11.9 Å². The molecule has 2 aliphatic heterocycles. The summed E-state index contributed by atoms with van der Waals surface area (Å²) < 4.78 is 12.8. The third-order valence-electron chi connectivity index (χ3n) is 10.9. The fourth-order valence-corrected chi connectivity index (χ4v) is 8.76. The van der Waals surface area contributed by atoms with Crippen LogP contribution in [0.25, 0.3) is 0 Å². The van der Waals surface area contributed by atoms with E-state index < -0.39 is 0 Å². The number of likely N-dealkylation sites (tertiary alicyclic amines) is 1. The van der Waals surface area contributed by atoms with Gasteiger partial charge in [-0.25, -0.2) is 0 Å². The van der Waals surface area contributed by atoms with Crippen molar-refractivity contribution in [3.63, 3.8) is 0 Å². The number of carbonyl (C=O) groups is 1. The number of benzene rings is 2. The molecule has 2 bridgehead atoms. The molecule has 2 saturated carbocycles. The monoisotopic (exact) mass is 568 g/mol. The maximum atomic E-state index is 14.0. The van der Waals surface area contributed by atoms with Crippen LogP contribution in [0.3, 0.4) is 0 Å². The van der Waals surface area contributed by atoms with E-state index in [4.69, 9.17) is 9.47 Å². The van der Waals surface area contributed by atoms with Crippen LogP contribution in [-0.4, -0.2) is 65.7 Å². The molecule has 7 rings (SSSR count). The number of phenols is 1. The Morgan fingerprint density at radius 2 is 2.00 bits per heavy atom. The highest BCUT2D eigenvalue weighted by atomic mass is 16.5. The van der Waals surface area contributed by atoms with E-state index in [0.29, 0.717) is 35.9 Å². The summed E-state index contributed by atoms with van der Waals surface area (Å²) in [6.45, 7) is 11.3. The Bertz CT molecular complexity index is 1480. The van der Waals surface area contributed by atoms with E-state index >= 15 is 0 Å². The van der Waals surface area contributed by atoms with Gasteiger partial charge < -0.3 is 19.5 Å². The molecular weight excluding hydrogens is 524 g/mol. The number of rotatable bonds is 6. The van der Waals surface area contributed by atoms with Gasteiger partial charge in [-0.3, -0.25) is 9.69 Å². The average Bonchev–Trinajstić information content (AvgIpc) is 3.72. The van der Waals surface area contributed by atoms with Crippen molar-refractivity contribution in [3.8, 4) is 29.1 Å². The summed E-state index contributed by atoms with van der Waals surface area (Å²) in [6.07, 6.45) is 6.27. The minimum absolute atomic E-state index is 0.0916. The summed E-state index contributed by atoms with van der Waals surface area (Å²) in [7, 11) is 1.65. The maximum absolute atomic E-state index is 14.0. The highest BCUT2D eigenvalue weighted by molar-refractivity contribution is 5.94. The first kappa shape index (κ1) is 27.7. The van der Waals surface area contributed by atoms with Gasteiger partial charge in [-0.1, -0.05) is 25.8 Å². The van der Waals surface area contributed by atoms with Crippen LogP contribution in [-0.2, 0) is 16.6 Å². The quantitative estimate of drug-likeness (QED) is 0.475. The van der Waals surface area contributed by atoms with Gasteiger partial charge in [-0.15, -0.1) is 0 Å². The van der Waals surface area contributed by atoms with Gasteiger partial charge in [0.25, 0.3) is 5.91 Å². The molecule has 1 N–H and O–H groups in total. The van der Waals surface area contributed by atoms with Gasteiger partial charge in [0.05, 0.1) is 13.2 Å². The van der Waals surface area contributed by atoms with Gasteiger partial charge in [-0.05, 0) is 99.9 Å². The molecule has 2 aromatic rings. The Morgan fingerprint density at radius 3 is 2.71 bits per heavy atom. The largest absolute Gasteiger partial charge is 0.508 e. The van der Waals surface area contributed by atoms with Gasteiger partial charge >= 0.3 is 0 Å². The molecule has 5 atom stereocenters. The molecule has 222 valence electrons. The predicted octanol–water partition coefficient (Wildman–Crippen LogP) is 5.37. The second-order valence-electron chi connectivity index (χ2n) is 14.0. The first-order chi connectivity index (χ1) is 20.2. The normalized spacial score (nSPS) is 28.9. The Labute approximate surface area is 250 Å². The van der Waals surface area contributed by atoms with Crippen LogP contribution in [0.5, 0.6) is 17.2 Å². The summed E-state index contributed by atoms with van der Waals surface area (Å²) >= 11 is 0. The summed E-state index contributed by atoms with van der Waals surface area (Å²) in [5, 5.41) is 11.3. The number of hydrogen-bond acceptors (Lipinski definition) is 5. The minimum atomic E-state index is -0.237. The third kappa shape index (κ3) is 4.30. The van der Waals surface area contributed by atoms with Crippen molar-refractivity contribution in [1.29, 1.82) is 0 Å². The molecule has 0 unspecified atom stereocenters. The maximum Gasteiger partial charge on any atom is 0.299 e. The Hall–Kier alpha value is -3.17. The number of nitrogens with zero attached hydrogens (tertiary/aromatic N) is 2. The van der Waals surface area contributed by atoms with Crippen molar-refractivity contribution < 1.29 is 19.4 Å². The van der Waals surface area contributed by atoms with Crippen molar-refractivity contribution in [2.24, 2.45) is 17.8 Å². The zero-order chi connectivity index (χ0) is 29.3. The number of aromatic hydroxyl groups is 1. The molecule has 2 aromatic carbocycles. The zero-order valence-corrected chi connectivity index (χ0v) is 25.7. The SMILES string of the molecule is COc1cc(O)c2c3c1O[C@H]1[C@@H](N(CC(C)C)C(=O)C#Cc4ccc(C)c(C)c4)CC[C@H]4[C@@H](C2)N(CC2CC2)CC[C@@]341. The Balaban J connectivity index is 1.28. The zero-order valence-electron chi connectivity index (χ0n) is 25.7. The first-order valence-corrected chi connectivity index (χ1v) is 15.9. The summed E-state index contributed by atoms with van der Waals surface area (Å²) in [5.41, 5.74) is 5.23. The third-order valence-corrected chi connectivity index (χ3v) is 10.9. The van der Waals surface area contributed by atoms with Gasteiger partial charge in [-0.2, -0.15) is 0 Å². The lowest BCUT2D eigenvalue weighted by molar-refractivity contribution is -0.137. The van der Waals surface area contributed by atoms with E-state index in [1.54, 1.807) is 13.2 Å². The van der Waals surface area contributed by atoms with E-state index in [2.05, 4.69) is 56.6 Å². The molecule has 0 radical (unpaired) electrons. The van der Waals surface area contributed by atoms with Crippen LogP contribution in [0.2, 0.25) is 0 Å². The molecule has 6 heteroatoms. The molecule has 0 aromatic heterocycles. The topological polar surface area (TPSA) is 62.2 Å². The van der Waals surface area contributed by atoms with E-state index in [9.17, 15) is 9.90 Å². The summed E-state index contributed by atoms with van der Waals surface area (Å²) in [6, 6.07) is 8.16. The Morgan fingerprint density at radius 1 is 1.19 bits per heavy atom. The van der Waals surface area contributed by atoms with Crippen LogP contribution in [0.1, 0.15) is 73.8 Å². The number of ether oxygens (including phenoxy) is 2. The average molecular weight is 569 g/mol. The lowest BCUT2D eigenvalue weighted by Crippen LogP contribution is -2.69. The van der Waals surface area contributed by atoms with Crippen LogP contribution in [0.4, 0.5) is 0 Å². The number of carbonyl (C=O) groups excluding carboxylic acids is 1. The van der Waals surface area contributed by atoms with Gasteiger partial charge in [0.2, 0.25) is 0 Å². The van der Waals surface area contributed by atoms with E-state index in [-0.39, 0.29) is 23.5 Å². The molecule has 1 spiro atoms. The molecular formula is C36H44N2O4. The number of methoxy groups -OCH3 is 1. The van der Waals surface area contributed by atoms with Crippen molar-refractivity contribution >= 4 is 5.91 Å². The van der Waals surface area contributed by atoms with E-state index in [1.807, 2.05) is 11.0 Å². The molecule has 5 aliphatic rings. The number of amides is 1. The highest BCUT2D eigenvalue weighted by Crippen LogP contribution is 2.65. The summed E-state index contributed by atoms with van der Waals surface area (Å²) in [5.74, 6) is 9.32. The van der Waals surface area contributed by atoms with Crippen LogP contribution >= 0.6 is 0 Å². The molecule has 1 amide bonds. The second kappa shape index (κ2) is 10.2. The van der Waals surface area contributed by atoms with Gasteiger partial charge in [0, 0.05) is 53.2 Å². The number of phenolic OH excluding ortho intramolecular Hbond substituents is 1. The molecule has 6 nitrogen and oxygen atoms in total. The first-order valence-electron chi connectivity index (χ1n) is 15.9. The standard InChI is InChI=1S/C36H44N2O4/c1-21(2)19-38(32(40)13-10-24-7-6-22(3)23(4)16-24)28-12-11-27-29-17-26-30(39)18-31(41-5)34-33(26)36(27,35(28)42-34)14-15-37(29)20-25-8-9-25/h6-7,16,18,21,25,27-29,35,39H,8-9,11-12,14-15,17,19-20H2,1-5H3/t27-,28-,29+,35-,36-/m0/s1. The fourth-order valence-electron chi connectivity index (χ4n) is 8.76. The lowest BCUT2D eigenvalue weighted by atomic mass is 9.50. The molecule has 1 saturated heterocycles. The van der Waals surface area contributed by atoms with Crippen LogP contribution in [0, 0.1) is 43.4 Å². The highest BCUT2D eigenvalue weighted by Gasteiger charge is 2.67. The number of hydrogen-bond donors (Lipinski definition) is 1. The van der Waals surface area contributed by atoms with Crippen molar-refractivity contribution in [3.05, 3.63) is 52.1 Å². The lowest BCUT2D eigenvalue weighted by Gasteiger charge is -2.60. The van der Waals surface area contributed by atoms with Crippen LogP contribution < -0.4 is 9.47 Å². The second-order valence-corrected chi connectivity index (χ2v) is 14.0. The predicted molar refractivity (Wildman–Crippen MR) is 163 cm³/mol. The minimum Gasteiger partial charge on any atom is -0.508 e. The van der Waals surface area contributed by atoms with Crippen molar-refractivity contribution in [2.45, 2.75) is 89.8 Å².